The van der Waals surface area contributed by atoms with Gasteiger partial charge in [0, 0.05) is 77.5 Å². The highest BCUT2D eigenvalue weighted by atomic mass is 31.2. The molecule has 192 valence electrons. The number of carbonyl (C=O) groups excluding carboxylic acids is 4. The van der Waals surface area contributed by atoms with Crippen molar-refractivity contribution in [3.05, 3.63) is 0 Å². The van der Waals surface area contributed by atoms with Crippen LogP contribution >= 0.6 is 7.59 Å². The number of rotatable bonds is 23. The third kappa shape index (κ3) is 15.3. The van der Waals surface area contributed by atoms with Gasteiger partial charge in [-0.1, -0.05) is 27.7 Å². The molecular formula is C24H46N3O5P. The number of ketones is 4. The van der Waals surface area contributed by atoms with Crippen molar-refractivity contribution in [2.75, 3.05) is 26.2 Å². The van der Waals surface area contributed by atoms with E-state index in [1.807, 2.05) is 13.8 Å². The second-order valence-corrected chi connectivity index (χ2v) is 10.8. The molecule has 0 aromatic heterocycles. The van der Waals surface area contributed by atoms with Gasteiger partial charge in [0.2, 0.25) is 0 Å². The van der Waals surface area contributed by atoms with E-state index in [9.17, 15) is 23.7 Å². The highest BCUT2D eigenvalue weighted by molar-refractivity contribution is 7.57. The van der Waals surface area contributed by atoms with Crippen LogP contribution in [0.2, 0.25) is 0 Å². The van der Waals surface area contributed by atoms with Gasteiger partial charge in [0.05, 0.1) is 0 Å². The zero-order chi connectivity index (χ0) is 25.1. The van der Waals surface area contributed by atoms with Gasteiger partial charge in [-0.05, 0) is 25.7 Å². The molecule has 0 rings (SSSR count). The first-order valence-electron chi connectivity index (χ1n) is 12.6. The molecule has 0 bridgehead atoms. The van der Waals surface area contributed by atoms with E-state index in [0.717, 1.165) is 12.8 Å². The smallest absolute Gasteiger partial charge is 0.281 e. The number of nitrogens with one attached hydrogen (secondary N) is 2. The number of carbonyl (C=O) groups is 4. The molecule has 0 aliphatic heterocycles. The van der Waals surface area contributed by atoms with E-state index in [1.54, 1.807) is 18.5 Å². The van der Waals surface area contributed by atoms with Crippen molar-refractivity contribution >= 4 is 30.7 Å². The van der Waals surface area contributed by atoms with Gasteiger partial charge in [-0.3, -0.25) is 23.7 Å². The zero-order valence-electron chi connectivity index (χ0n) is 21.2. The maximum Gasteiger partial charge on any atom is 0.281 e. The molecule has 9 heteroatoms. The van der Waals surface area contributed by atoms with Crippen LogP contribution in [-0.4, -0.2) is 54.0 Å². The summed E-state index contributed by atoms with van der Waals surface area (Å²) in [5.74, 6) is 0.526. The van der Waals surface area contributed by atoms with Gasteiger partial charge in [0.25, 0.3) is 7.59 Å². The molecule has 0 unspecified atom stereocenters. The number of hydrogen-bond acceptors (Lipinski definition) is 5. The highest BCUT2D eigenvalue weighted by Gasteiger charge is 2.30. The van der Waals surface area contributed by atoms with E-state index in [4.69, 9.17) is 0 Å². The molecule has 0 radical (unpaired) electrons. The maximum absolute atomic E-state index is 14.0. The summed E-state index contributed by atoms with van der Waals surface area (Å²) in [4.78, 5) is 47.5. The summed E-state index contributed by atoms with van der Waals surface area (Å²) in [5, 5.41) is 6.20. The maximum atomic E-state index is 14.0. The van der Waals surface area contributed by atoms with Crippen LogP contribution in [0.15, 0.2) is 0 Å². The minimum atomic E-state index is -3.31. The molecule has 0 fully saturated rings. The molecule has 0 spiro atoms. The average Bonchev–Trinajstić information content (AvgIpc) is 2.79. The van der Waals surface area contributed by atoms with Crippen LogP contribution < -0.4 is 10.2 Å². The van der Waals surface area contributed by atoms with Crippen LogP contribution in [0.3, 0.4) is 0 Å². The van der Waals surface area contributed by atoms with Crippen LogP contribution in [0.5, 0.6) is 0 Å². The van der Waals surface area contributed by atoms with E-state index >= 15 is 0 Å². The second kappa shape index (κ2) is 19.1. The minimum Gasteiger partial charge on any atom is -0.300 e. The zero-order valence-corrected chi connectivity index (χ0v) is 22.1. The third-order valence-corrected chi connectivity index (χ3v) is 7.96. The molecule has 0 heterocycles. The summed E-state index contributed by atoms with van der Waals surface area (Å²) in [6.07, 6.45) is 6.04. The highest BCUT2D eigenvalue weighted by Crippen LogP contribution is 2.41. The van der Waals surface area contributed by atoms with Crippen LogP contribution in [0.25, 0.3) is 0 Å². The topological polar surface area (TPSA) is 113 Å². The largest absolute Gasteiger partial charge is 0.300 e. The summed E-state index contributed by atoms with van der Waals surface area (Å²) in [5.41, 5.74) is 0. The lowest BCUT2D eigenvalue weighted by atomic mass is 10.1. The Morgan fingerprint density at radius 1 is 0.606 bits per heavy atom. The van der Waals surface area contributed by atoms with E-state index in [1.165, 1.54) is 0 Å². The Morgan fingerprint density at radius 2 is 1.00 bits per heavy atom. The van der Waals surface area contributed by atoms with E-state index in [-0.39, 0.29) is 49.1 Å². The quantitative estimate of drug-likeness (QED) is 0.159. The molecule has 0 amide bonds. The Morgan fingerprint density at radius 3 is 1.33 bits per heavy atom. The van der Waals surface area contributed by atoms with E-state index in [0.29, 0.717) is 64.5 Å². The van der Waals surface area contributed by atoms with Crippen LogP contribution in [-0.2, 0) is 23.7 Å². The summed E-state index contributed by atoms with van der Waals surface area (Å²) < 4.78 is 15.7. The van der Waals surface area contributed by atoms with Gasteiger partial charge < -0.3 is 0 Å². The Balaban J connectivity index is 5.26. The number of Topliss-reactive ketones (excluding diaryl/α,β-unsaturated/α-hetero) is 4. The van der Waals surface area contributed by atoms with Gasteiger partial charge in [-0.15, -0.1) is 0 Å². The predicted octanol–water partition coefficient (Wildman–Crippen LogP) is 4.61. The lowest BCUT2D eigenvalue weighted by Gasteiger charge is -2.32. The van der Waals surface area contributed by atoms with Gasteiger partial charge in [0.15, 0.2) is 0 Å². The first-order chi connectivity index (χ1) is 15.7. The van der Waals surface area contributed by atoms with Gasteiger partial charge >= 0.3 is 0 Å². The summed E-state index contributed by atoms with van der Waals surface area (Å²) >= 11 is 0. The van der Waals surface area contributed by atoms with Crippen LogP contribution in [0, 0.1) is 0 Å². The second-order valence-electron chi connectivity index (χ2n) is 8.41. The van der Waals surface area contributed by atoms with Crippen LogP contribution in [0.1, 0.15) is 105 Å². The fourth-order valence-corrected chi connectivity index (χ4v) is 5.55. The first kappa shape index (κ1) is 31.8. The standard InChI is InChI=1S/C24H46N3O5P/c1-5-11-23(30)13-9-17-25-33(32,26-18-10-14-24(31)12-6-2)27(19-15-21(28)7-3)20-16-22(29)8-4/h5-20H2,1-4H3,(H2,25,26,32). The molecule has 0 saturated heterocycles. The Hall–Kier alpha value is -1.21. The Kier molecular flexibility index (Phi) is 18.4. The lowest BCUT2D eigenvalue weighted by molar-refractivity contribution is -0.120. The average molecular weight is 488 g/mol. The van der Waals surface area contributed by atoms with Crippen LogP contribution in [0.4, 0.5) is 0 Å². The molecule has 0 aliphatic carbocycles. The SMILES string of the molecule is CCCC(=O)CCCNP(=O)(NCCCC(=O)CCC)N(CCC(=O)CC)CCC(=O)CC. The van der Waals surface area contributed by atoms with Gasteiger partial charge in [0.1, 0.15) is 23.1 Å². The van der Waals surface area contributed by atoms with E-state index in [2.05, 4.69) is 10.2 Å². The van der Waals surface area contributed by atoms with Crippen molar-refractivity contribution in [3.8, 4) is 0 Å². The molecular weight excluding hydrogens is 441 g/mol. The number of nitrogens with zero attached hydrogens (tertiary/aromatic N) is 1. The molecule has 0 atom stereocenters. The Bertz CT molecular complexity index is 604. The fraction of sp³-hybridized carbons (Fsp3) is 0.833. The molecule has 8 nitrogen and oxygen atoms in total. The van der Waals surface area contributed by atoms with Crippen molar-refractivity contribution in [1.29, 1.82) is 0 Å². The van der Waals surface area contributed by atoms with E-state index < -0.39 is 7.59 Å². The van der Waals surface area contributed by atoms with Gasteiger partial charge in [-0.25, -0.2) is 14.8 Å². The lowest BCUT2D eigenvalue weighted by Crippen LogP contribution is -2.39. The first-order valence-corrected chi connectivity index (χ1v) is 14.3. The predicted molar refractivity (Wildman–Crippen MR) is 133 cm³/mol. The van der Waals surface area contributed by atoms with Crippen molar-refractivity contribution in [2.45, 2.75) is 105 Å². The summed E-state index contributed by atoms with van der Waals surface area (Å²) in [6.45, 7) is 8.85. The molecule has 2 N–H and O–H groups in total. The summed E-state index contributed by atoms with van der Waals surface area (Å²) in [7, 11) is -3.31. The van der Waals surface area contributed by atoms with Crippen molar-refractivity contribution in [1.82, 2.24) is 14.8 Å². The number of hydrogen-bond donors (Lipinski definition) is 2. The van der Waals surface area contributed by atoms with Crippen molar-refractivity contribution in [3.63, 3.8) is 0 Å². The molecule has 0 aromatic rings. The Labute approximate surface area is 200 Å². The van der Waals surface area contributed by atoms with Crippen molar-refractivity contribution in [2.24, 2.45) is 0 Å². The molecule has 0 aromatic carbocycles. The fourth-order valence-electron chi connectivity index (χ4n) is 3.35. The third-order valence-electron chi connectivity index (χ3n) is 5.46. The minimum absolute atomic E-state index is 0.0729. The van der Waals surface area contributed by atoms with Crippen molar-refractivity contribution < 1.29 is 23.7 Å². The molecule has 33 heavy (non-hydrogen) atoms. The van der Waals surface area contributed by atoms with Gasteiger partial charge in [-0.2, -0.15) is 0 Å². The normalized spacial score (nSPS) is 11.7. The monoisotopic (exact) mass is 487 g/mol. The summed E-state index contributed by atoms with van der Waals surface area (Å²) in [6, 6.07) is 0. The molecule has 0 aliphatic rings. The molecule has 0 saturated carbocycles.